The fourth-order valence-corrected chi connectivity index (χ4v) is 4.24. The average Bonchev–Trinajstić information content (AvgIpc) is 3.24. The van der Waals surface area contributed by atoms with Crippen molar-refractivity contribution in [3.05, 3.63) is 0 Å². The highest BCUT2D eigenvalue weighted by Gasteiger charge is 2.39. The highest BCUT2D eigenvalue weighted by Crippen LogP contribution is 2.39. The van der Waals surface area contributed by atoms with Crippen molar-refractivity contribution >= 4 is 0 Å². The van der Waals surface area contributed by atoms with E-state index in [2.05, 4.69) is 19.2 Å². The Labute approximate surface area is 125 Å². The molecule has 2 atom stereocenters. The molecule has 0 spiro atoms. The highest BCUT2D eigenvalue weighted by atomic mass is 16.5. The molecule has 0 aromatic rings. The summed E-state index contributed by atoms with van der Waals surface area (Å²) in [4.78, 5) is 0. The summed E-state index contributed by atoms with van der Waals surface area (Å²) < 4.78 is 6.75. The number of hydrogen-bond acceptors (Lipinski definition) is 2. The zero-order valence-corrected chi connectivity index (χ0v) is 13.5. The van der Waals surface area contributed by atoms with Crippen LogP contribution >= 0.6 is 0 Å². The molecule has 2 nitrogen and oxygen atoms in total. The first-order valence-electron chi connectivity index (χ1n) is 9.06. The molecule has 3 rings (SSSR count). The van der Waals surface area contributed by atoms with Crippen molar-refractivity contribution in [3.63, 3.8) is 0 Å². The van der Waals surface area contributed by atoms with Gasteiger partial charge in [0.15, 0.2) is 0 Å². The zero-order valence-electron chi connectivity index (χ0n) is 13.5. The third-order valence-corrected chi connectivity index (χ3v) is 5.72. The lowest BCUT2D eigenvalue weighted by atomic mass is 9.78. The third-order valence-electron chi connectivity index (χ3n) is 5.72. The van der Waals surface area contributed by atoms with E-state index in [9.17, 15) is 0 Å². The van der Waals surface area contributed by atoms with Crippen LogP contribution in [-0.4, -0.2) is 24.3 Å². The molecule has 0 aromatic carbocycles. The van der Waals surface area contributed by atoms with Crippen molar-refractivity contribution in [1.29, 1.82) is 0 Å². The van der Waals surface area contributed by atoms with Gasteiger partial charge >= 0.3 is 0 Å². The summed E-state index contributed by atoms with van der Waals surface area (Å²) in [6.45, 7) is 5.91. The minimum atomic E-state index is 0.158. The van der Waals surface area contributed by atoms with Crippen LogP contribution in [0.5, 0.6) is 0 Å². The van der Waals surface area contributed by atoms with Crippen LogP contribution in [0.25, 0.3) is 0 Å². The van der Waals surface area contributed by atoms with Gasteiger partial charge in [-0.2, -0.15) is 0 Å². The number of nitrogens with one attached hydrogen (secondary N) is 1. The molecule has 3 saturated carbocycles. The van der Waals surface area contributed by atoms with Gasteiger partial charge in [0.2, 0.25) is 0 Å². The zero-order chi connectivity index (χ0) is 14.0. The lowest BCUT2D eigenvalue weighted by Gasteiger charge is -2.44. The molecule has 0 aromatic heterocycles. The summed E-state index contributed by atoms with van der Waals surface area (Å²) in [7, 11) is 0. The van der Waals surface area contributed by atoms with Crippen molar-refractivity contribution in [2.24, 2.45) is 11.8 Å². The topological polar surface area (TPSA) is 21.3 Å². The van der Waals surface area contributed by atoms with E-state index in [-0.39, 0.29) is 5.60 Å². The Hall–Kier alpha value is -0.0800. The molecule has 0 heterocycles. The number of hydrogen-bond donors (Lipinski definition) is 1. The lowest BCUT2D eigenvalue weighted by Crippen LogP contribution is -2.49. The van der Waals surface area contributed by atoms with E-state index >= 15 is 0 Å². The standard InChI is InChI=1S/C18H33NO/c1-14-5-9-17(10-6-14)20-18(13-19-16-7-8-16)11-3-4-15(2)12-18/h14-17,19H,3-13H2,1-2H3. The van der Waals surface area contributed by atoms with Crippen molar-refractivity contribution in [2.75, 3.05) is 6.54 Å². The van der Waals surface area contributed by atoms with Gasteiger partial charge in [-0.1, -0.05) is 26.7 Å². The summed E-state index contributed by atoms with van der Waals surface area (Å²) in [5, 5.41) is 3.76. The molecular weight excluding hydrogens is 246 g/mol. The molecule has 3 fully saturated rings. The largest absolute Gasteiger partial charge is 0.370 e. The maximum Gasteiger partial charge on any atom is 0.0812 e. The molecule has 0 radical (unpaired) electrons. The molecule has 0 bridgehead atoms. The molecule has 0 aliphatic heterocycles. The SMILES string of the molecule is CC1CCC(OC2(CNC3CC3)CCCC(C)C2)CC1. The molecule has 2 unspecified atom stereocenters. The predicted octanol–water partition coefficient (Wildman–Crippen LogP) is 4.28. The first-order chi connectivity index (χ1) is 9.65. The third kappa shape index (κ3) is 3.98. The molecule has 20 heavy (non-hydrogen) atoms. The van der Waals surface area contributed by atoms with Crippen molar-refractivity contribution < 1.29 is 4.74 Å². The average molecular weight is 279 g/mol. The maximum absolute atomic E-state index is 6.75. The van der Waals surface area contributed by atoms with E-state index in [4.69, 9.17) is 4.74 Å². The second-order valence-corrected chi connectivity index (χ2v) is 8.04. The molecule has 1 N–H and O–H groups in total. The van der Waals surface area contributed by atoms with Gasteiger partial charge in [-0.05, 0) is 63.2 Å². The fraction of sp³-hybridized carbons (Fsp3) is 1.00. The van der Waals surface area contributed by atoms with Crippen LogP contribution < -0.4 is 5.32 Å². The summed E-state index contributed by atoms with van der Waals surface area (Å²) in [6.07, 6.45) is 13.9. The van der Waals surface area contributed by atoms with Crippen LogP contribution in [0.1, 0.15) is 78.1 Å². The van der Waals surface area contributed by atoms with Crippen molar-refractivity contribution in [2.45, 2.75) is 95.8 Å². The molecular formula is C18H33NO. The predicted molar refractivity (Wildman–Crippen MR) is 83.9 cm³/mol. The van der Waals surface area contributed by atoms with Crippen LogP contribution in [0.3, 0.4) is 0 Å². The monoisotopic (exact) mass is 279 g/mol. The van der Waals surface area contributed by atoms with E-state index in [1.165, 1.54) is 64.2 Å². The van der Waals surface area contributed by atoms with Gasteiger partial charge in [-0.15, -0.1) is 0 Å². The van der Waals surface area contributed by atoms with E-state index in [0.29, 0.717) is 6.10 Å². The Morgan fingerprint density at radius 2 is 1.70 bits per heavy atom. The Kier molecular flexibility index (Phi) is 4.72. The Morgan fingerprint density at radius 3 is 2.35 bits per heavy atom. The molecule has 3 aliphatic rings. The first-order valence-corrected chi connectivity index (χ1v) is 9.06. The summed E-state index contributed by atoms with van der Waals surface area (Å²) in [5.74, 6) is 1.76. The van der Waals surface area contributed by atoms with Gasteiger partial charge in [-0.25, -0.2) is 0 Å². The van der Waals surface area contributed by atoms with E-state index in [1.807, 2.05) is 0 Å². The first kappa shape index (κ1) is 14.8. The fourth-order valence-electron chi connectivity index (χ4n) is 4.24. The Morgan fingerprint density at radius 1 is 0.950 bits per heavy atom. The van der Waals surface area contributed by atoms with Crippen LogP contribution in [0, 0.1) is 11.8 Å². The molecule has 2 heteroatoms. The van der Waals surface area contributed by atoms with E-state index in [0.717, 1.165) is 24.4 Å². The molecule has 3 aliphatic carbocycles. The number of rotatable bonds is 5. The van der Waals surface area contributed by atoms with E-state index < -0.39 is 0 Å². The van der Waals surface area contributed by atoms with Crippen LogP contribution in [0.2, 0.25) is 0 Å². The van der Waals surface area contributed by atoms with Gasteiger partial charge in [-0.3, -0.25) is 0 Å². The van der Waals surface area contributed by atoms with Gasteiger partial charge in [0.05, 0.1) is 11.7 Å². The second kappa shape index (κ2) is 6.36. The van der Waals surface area contributed by atoms with Gasteiger partial charge in [0, 0.05) is 12.6 Å². The minimum absolute atomic E-state index is 0.158. The molecule has 0 amide bonds. The summed E-state index contributed by atoms with van der Waals surface area (Å²) >= 11 is 0. The second-order valence-electron chi connectivity index (χ2n) is 8.04. The lowest BCUT2D eigenvalue weighted by molar-refractivity contribution is -0.132. The number of ether oxygens (including phenoxy) is 1. The summed E-state index contributed by atoms with van der Waals surface area (Å²) in [5.41, 5.74) is 0.158. The molecule has 0 saturated heterocycles. The minimum Gasteiger partial charge on any atom is -0.370 e. The van der Waals surface area contributed by atoms with Crippen LogP contribution in [-0.2, 0) is 4.74 Å². The van der Waals surface area contributed by atoms with Crippen LogP contribution in [0.15, 0.2) is 0 Å². The van der Waals surface area contributed by atoms with Gasteiger partial charge < -0.3 is 10.1 Å². The normalized spacial score (nSPS) is 42.6. The Bertz CT molecular complexity index is 307. The van der Waals surface area contributed by atoms with Crippen molar-refractivity contribution in [1.82, 2.24) is 5.32 Å². The smallest absolute Gasteiger partial charge is 0.0812 e. The Balaban J connectivity index is 1.58. The maximum atomic E-state index is 6.75. The molecule has 116 valence electrons. The van der Waals surface area contributed by atoms with Gasteiger partial charge in [0.1, 0.15) is 0 Å². The quantitative estimate of drug-likeness (QED) is 0.811. The van der Waals surface area contributed by atoms with Crippen LogP contribution in [0.4, 0.5) is 0 Å². The highest BCUT2D eigenvalue weighted by molar-refractivity contribution is 4.93. The van der Waals surface area contributed by atoms with E-state index in [1.54, 1.807) is 0 Å². The van der Waals surface area contributed by atoms with Gasteiger partial charge in [0.25, 0.3) is 0 Å². The van der Waals surface area contributed by atoms with Crippen molar-refractivity contribution in [3.8, 4) is 0 Å². The summed E-state index contributed by atoms with van der Waals surface area (Å²) in [6, 6.07) is 0.805.